The first-order chi connectivity index (χ1) is 4.91. The largest absolute Gasteiger partial charge is 2.00 e. The summed E-state index contributed by atoms with van der Waals surface area (Å²) in [5.74, 6) is 0. The van der Waals surface area contributed by atoms with Gasteiger partial charge in [0, 0.05) is 0 Å². The third-order valence-corrected chi connectivity index (χ3v) is 0.843. The van der Waals surface area contributed by atoms with Gasteiger partial charge in [0.25, 0.3) is 0 Å². The van der Waals surface area contributed by atoms with E-state index in [1.54, 1.807) is 0 Å². The quantitative estimate of drug-likeness (QED) is 0.363. The average Bonchev–Trinajstić information content (AvgIpc) is 1.97. The van der Waals surface area contributed by atoms with E-state index in [1.807, 2.05) is 0 Å². The molecule has 0 rings (SSSR count). The molecule has 0 fully saturated rings. The summed E-state index contributed by atoms with van der Waals surface area (Å²) in [4.78, 5) is 0. The Hall–Kier alpha value is 0.566. The fourth-order valence-corrected chi connectivity index (χ4v) is 0.451. The van der Waals surface area contributed by atoms with Crippen LogP contribution in [0, 0.1) is 0 Å². The molecule has 0 aliphatic carbocycles. The van der Waals surface area contributed by atoms with Gasteiger partial charge in [-0.25, -0.2) is 0 Å². The number of aliphatic hydroxyl groups is 2. The Morgan fingerprint density at radius 2 is 1.17 bits per heavy atom. The number of hydrogen-bond donors (Lipinski definition) is 2. The van der Waals surface area contributed by atoms with Crippen molar-refractivity contribution in [3.05, 3.63) is 0 Å². The van der Waals surface area contributed by atoms with Gasteiger partial charge in [-0.2, -0.15) is 0 Å². The van der Waals surface area contributed by atoms with Crippen molar-refractivity contribution in [2.75, 3.05) is 39.6 Å². The standard InChI is InChI=1S/C6H14O4.Mg.H2O.2H/c7-1-3-9-5-6-10-4-2-8;;;;/h7-8H,1-6H2;;1H2;;/q;+2;;2*-1. The Morgan fingerprint density at radius 1 is 0.833 bits per heavy atom. The molecule has 0 aromatic carbocycles. The summed E-state index contributed by atoms with van der Waals surface area (Å²) in [6.07, 6.45) is 0. The van der Waals surface area contributed by atoms with Crippen molar-refractivity contribution in [1.29, 1.82) is 0 Å². The minimum absolute atomic E-state index is 0. The molecule has 0 aromatic rings. The third kappa shape index (κ3) is 16.9. The molecule has 0 unspecified atom stereocenters. The van der Waals surface area contributed by atoms with E-state index >= 15 is 0 Å². The van der Waals surface area contributed by atoms with E-state index in [1.165, 1.54) is 0 Å². The monoisotopic (exact) mass is 194 g/mol. The first kappa shape index (κ1) is 18.4. The molecule has 12 heavy (non-hydrogen) atoms. The summed E-state index contributed by atoms with van der Waals surface area (Å²) >= 11 is 0. The molecule has 0 radical (unpaired) electrons. The van der Waals surface area contributed by atoms with Gasteiger partial charge in [-0.05, 0) is 0 Å². The molecule has 0 atom stereocenters. The van der Waals surface area contributed by atoms with Gasteiger partial charge in [0.1, 0.15) is 0 Å². The van der Waals surface area contributed by atoms with E-state index in [9.17, 15) is 0 Å². The second-order valence-electron chi connectivity index (χ2n) is 1.67. The van der Waals surface area contributed by atoms with Crippen molar-refractivity contribution in [1.82, 2.24) is 0 Å². The molecule has 0 bridgehead atoms. The predicted molar refractivity (Wildman–Crippen MR) is 47.4 cm³/mol. The van der Waals surface area contributed by atoms with Gasteiger partial charge in [0.05, 0.1) is 39.6 Å². The molecule has 5 nitrogen and oxygen atoms in total. The Kier molecular flexibility index (Phi) is 26.9. The topological polar surface area (TPSA) is 90.4 Å². The fourth-order valence-electron chi connectivity index (χ4n) is 0.451. The van der Waals surface area contributed by atoms with Crippen molar-refractivity contribution in [2.45, 2.75) is 0 Å². The molecule has 0 spiro atoms. The zero-order chi connectivity index (χ0) is 7.66. The van der Waals surface area contributed by atoms with E-state index in [-0.39, 0.29) is 44.6 Å². The molecule has 0 aliphatic rings. The van der Waals surface area contributed by atoms with Crippen LogP contribution in [0.1, 0.15) is 2.85 Å². The van der Waals surface area contributed by atoms with Crippen LogP contribution in [0.15, 0.2) is 0 Å². The van der Waals surface area contributed by atoms with Crippen LogP contribution in [-0.2, 0) is 9.47 Å². The van der Waals surface area contributed by atoms with Crippen molar-refractivity contribution < 1.29 is 28.0 Å². The number of hydrogen-bond acceptors (Lipinski definition) is 4. The van der Waals surface area contributed by atoms with Crippen LogP contribution in [0.4, 0.5) is 0 Å². The summed E-state index contributed by atoms with van der Waals surface area (Å²) < 4.78 is 9.75. The van der Waals surface area contributed by atoms with E-state index in [0.29, 0.717) is 26.4 Å². The average molecular weight is 195 g/mol. The molecule has 0 aromatic heterocycles. The summed E-state index contributed by atoms with van der Waals surface area (Å²) in [5, 5.41) is 16.5. The Bertz CT molecular complexity index is 64.2. The number of ether oxygens (including phenoxy) is 2. The van der Waals surface area contributed by atoms with Gasteiger partial charge >= 0.3 is 23.1 Å². The van der Waals surface area contributed by atoms with E-state index in [2.05, 4.69) is 0 Å². The summed E-state index contributed by atoms with van der Waals surface area (Å²) in [5.41, 5.74) is 0. The summed E-state index contributed by atoms with van der Waals surface area (Å²) in [7, 11) is 0. The van der Waals surface area contributed by atoms with Crippen molar-refractivity contribution in [2.24, 2.45) is 0 Å². The normalized spacial score (nSPS) is 8.50. The number of aliphatic hydroxyl groups excluding tert-OH is 2. The second kappa shape index (κ2) is 17.6. The minimum Gasteiger partial charge on any atom is -1.00 e. The van der Waals surface area contributed by atoms with Crippen LogP contribution in [0.25, 0.3) is 0 Å². The van der Waals surface area contributed by atoms with Crippen LogP contribution < -0.4 is 0 Å². The van der Waals surface area contributed by atoms with E-state index < -0.39 is 0 Å². The van der Waals surface area contributed by atoms with Gasteiger partial charge < -0.3 is 28.0 Å². The number of rotatable bonds is 7. The molecule has 0 saturated carbocycles. The smallest absolute Gasteiger partial charge is 1.00 e. The molecule has 6 heteroatoms. The molecule has 0 amide bonds. The van der Waals surface area contributed by atoms with Gasteiger partial charge in [0.15, 0.2) is 0 Å². The molecule has 0 saturated heterocycles. The van der Waals surface area contributed by atoms with Crippen LogP contribution in [0.5, 0.6) is 0 Å². The minimum atomic E-state index is 0. The summed E-state index contributed by atoms with van der Waals surface area (Å²) in [6.45, 7) is 1.73. The maximum absolute atomic E-state index is 8.26. The maximum Gasteiger partial charge on any atom is 2.00 e. The maximum atomic E-state index is 8.26. The fraction of sp³-hybridized carbons (Fsp3) is 1.00. The van der Waals surface area contributed by atoms with Gasteiger partial charge in [-0.1, -0.05) is 0 Å². The van der Waals surface area contributed by atoms with Gasteiger partial charge in [-0.3, -0.25) is 0 Å². The molecule has 74 valence electrons. The Balaban J connectivity index is -0.0000000675. The molecule has 0 heterocycles. The SMILES string of the molecule is O.OCCOCCOCCO.[H-].[H-].[Mg+2]. The van der Waals surface area contributed by atoms with Crippen LogP contribution >= 0.6 is 0 Å². The van der Waals surface area contributed by atoms with E-state index in [0.717, 1.165) is 0 Å². The van der Waals surface area contributed by atoms with Crippen LogP contribution in [0.2, 0.25) is 0 Å². The van der Waals surface area contributed by atoms with Crippen molar-refractivity contribution in [3.63, 3.8) is 0 Å². The van der Waals surface area contributed by atoms with Gasteiger partial charge in [0.2, 0.25) is 0 Å². The zero-order valence-corrected chi connectivity index (χ0v) is 8.57. The zero-order valence-electron chi connectivity index (χ0n) is 9.16. The van der Waals surface area contributed by atoms with E-state index in [4.69, 9.17) is 19.7 Å². The first-order valence-electron chi connectivity index (χ1n) is 3.29. The first-order valence-corrected chi connectivity index (χ1v) is 3.29. The third-order valence-electron chi connectivity index (χ3n) is 0.843. The van der Waals surface area contributed by atoms with Crippen molar-refractivity contribution in [3.8, 4) is 0 Å². The van der Waals surface area contributed by atoms with Gasteiger partial charge in [-0.15, -0.1) is 0 Å². The Morgan fingerprint density at radius 3 is 1.42 bits per heavy atom. The predicted octanol–water partition coefficient (Wildman–Crippen LogP) is -1.98. The molecular formula is C6H18MgO5. The van der Waals surface area contributed by atoms with Crippen molar-refractivity contribution >= 4 is 23.1 Å². The second-order valence-corrected chi connectivity index (χ2v) is 1.67. The van der Waals surface area contributed by atoms with Crippen LogP contribution in [0.3, 0.4) is 0 Å². The molecule has 4 N–H and O–H groups in total. The summed E-state index contributed by atoms with van der Waals surface area (Å²) in [6, 6.07) is 0. The molecular weight excluding hydrogens is 176 g/mol. The van der Waals surface area contributed by atoms with Crippen LogP contribution in [-0.4, -0.2) is 78.4 Å². The molecule has 0 aliphatic heterocycles. The Labute approximate surface area is 91.1 Å².